The molecule has 0 saturated heterocycles. The fourth-order valence-corrected chi connectivity index (χ4v) is 2.05. The third kappa shape index (κ3) is 4.01. The van der Waals surface area contributed by atoms with Crippen molar-refractivity contribution in [3.05, 3.63) is 33.8 Å². The molecule has 0 aliphatic carbocycles. The van der Waals surface area contributed by atoms with Gasteiger partial charge >= 0.3 is 0 Å². The average molecular weight is 348 g/mol. The molecule has 1 amide bonds. The van der Waals surface area contributed by atoms with Crippen LogP contribution in [0.5, 0.6) is 0 Å². The molecule has 0 fully saturated rings. The molecule has 5 heteroatoms. The molecule has 1 rings (SSSR count). The second-order valence-electron chi connectivity index (χ2n) is 6.15. The van der Waals surface area contributed by atoms with E-state index >= 15 is 0 Å². The Hall–Kier alpha value is -0.970. The Bertz CT molecular complexity index is 509. The maximum Gasteiger partial charge on any atom is 0.261 e. The largest absolute Gasteiger partial charge is 0.349 e. The van der Waals surface area contributed by atoms with E-state index in [0.29, 0.717) is 4.47 Å². The molecule has 1 aromatic carbocycles. The zero-order chi connectivity index (χ0) is 15.7. The van der Waals surface area contributed by atoms with Crippen LogP contribution in [0.15, 0.2) is 22.7 Å². The van der Waals surface area contributed by atoms with Gasteiger partial charge in [0.25, 0.3) is 5.91 Å². The van der Waals surface area contributed by atoms with Crippen LogP contribution in [0.2, 0.25) is 0 Å². The molecule has 2 atom stereocenters. The zero-order valence-corrected chi connectivity index (χ0v) is 13.9. The smallest absolute Gasteiger partial charge is 0.261 e. The Labute approximate surface area is 127 Å². The zero-order valence-electron chi connectivity index (χ0n) is 12.4. The normalized spacial score (nSPS) is 16.4. The summed E-state index contributed by atoms with van der Waals surface area (Å²) in [6.45, 7) is 7.97. The van der Waals surface area contributed by atoms with Gasteiger partial charge in [0, 0.05) is 10.0 Å². The number of hydrogen-bond donors (Lipinski definition) is 1. The van der Waals surface area contributed by atoms with Crippen LogP contribution in [0.25, 0.3) is 0 Å². The van der Waals surface area contributed by atoms with Crippen molar-refractivity contribution in [3.8, 4) is 0 Å². The summed E-state index contributed by atoms with van der Waals surface area (Å²) in [5.41, 5.74) is -2.18. The van der Waals surface area contributed by atoms with Crippen molar-refractivity contribution in [3.63, 3.8) is 0 Å². The first-order chi connectivity index (χ1) is 8.95. The average Bonchev–Trinajstić information content (AvgIpc) is 2.29. The number of carbonyl (C=O) groups excluding carboxylic acids is 1. The highest BCUT2D eigenvalue weighted by atomic mass is 79.9. The van der Waals surface area contributed by atoms with Gasteiger partial charge in [-0.2, -0.15) is 0 Å². The molecule has 20 heavy (non-hydrogen) atoms. The molecule has 2 nitrogen and oxygen atoms in total. The molecule has 0 bridgehead atoms. The summed E-state index contributed by atoms with van der Waals surface area (Å²) in [4.78, 5) is 11.9. The highest BCUT2D eigenvalue weighted by Gasteiger charge is 2.44. The van der Waals surface area contributed by atoms with Crippen LogP contribution < -0.4 is 5.32 Å². The van der Waals surface area contributed by atoms with Gasteiger partial charge in [-0.3, -0.25) is 4.79 Å². The van der Waals surface area contributed by atoms with Gasteiger partial charge in [-0.1, -0.05) is 28.1 Å². The second kappa shape index (κ2) is 5.80. The molecule has 0 aliphatic rings. The van der Waals surface area contributed by atoms with Crippen LogP contribution in [0.4, 0.5) is 8.78 Å². The summed E-state index contributed by atoms with van der Waals surface area (Å²) in [6.07, 6.45) is -2.03. The Balaban J connectivity index is 3.01. The fourth-order valence-electron chi connectivity index (χ4n) is 1.66. The lowest BCUT2D eigenvalue weighted by atomic mass is 9.93. The van der Waals surface area contributed by atoms with Crippen molar-refractivity contribution in [1.82, 2.24) is 5.32 Å². The van der Waals surface area contributed by atoms with Crippen molar-refractivity contribution < 1.29 is 13.6 Å². The molecule has 0 saturated carbocycles. The van der Waals surface area contributed by atoms with Gasteiger partial charge in [0.05, 0.1) is 0 Å². The maximum atomic E-state index is 14.5. The first-order valence-corrected chi connectivity index (χ1v) is 7.16. The Morgan fingerprint density at radius 1 is 1.30 bits per heavy atom. The Kier molecular flexibility index (Phi) is 4.95. The summed E-state index contributed by atoms with van der Waals surface area (Å²) in [5, 5.41) is 2.47. The lowest BCUT2D eigenvalue weighted by Crippen LogP contribution is -2.51. The molecule has 112 valence electrons. The number of aryl methyl sites for hydroxylation is 1. The number of alkyl halides is 2. The molecule has 0 spiro atoms. The fraction of sp³-hybridized carbons (Fsp3) is 0.533. The molecular formula is C15H20BrF2NO. The van der Waals surface area contributed by atoms with E-state index in [1.165, 1.54) is 12.1 Å². The third-order valence-electron chi connectivity index (χ3n) is 2.90. The van der Waals surface area contributed by atoms with E-state index in [4.69, 9.17) is 0 Å². The van der Waals surface area contributed by atoms with Crippen LogP contribution >= 0.6 is 15.9 Å². The van der Waals surface area contributed by atoms with E-state index in [1.54, 1.807) is 26.8 Å². The van der Waals surface area contributed by atoms with Crippen molar-refractivity contribution in [2.24, 2.45) is 0 Å². The Morgan fingerprint density at radius 2 is 1.85 bits per heavy atom. The van der Waals surface area contributed by atoms with Gasteiger partial charge in [0.15, 0.2) is 6.17 Å². The monoisotopic (exact) mass is 347 g/mol. The van der Waals surface area contributed by atoms with Crippen molar-refractivity contribution in [2.75, 3.05) is 0 Å². The molecule has 1 N–H and O–H groups in total. The number of benzene rings is 1. The second-order valence-corrected chi connectivity index (χ2v) is 7.01. The minimum Gasteiger partial charge on any atom is -0.349 e. The van der Waals surface area contributed by atoms with Crippen molar-refractivity contribution in [2.45, 2.75) is 52.0 Å². The number of amides is 1. The van der Waals surface area contributed by atoms with E-state index < -0.39 is 23.3 Å². The summed E-state index contributed by atoms with van der Waals surface area (Å²) in [6, 6.07) is 4.68. The van der Waals surface area contributed by atoms with Gasteiger partial charge in [-0.05, 0) is 51.8 Å². The topological polar surface area (TPSA) is 29.1 Å². The lowest BCUT2D eigenvalue weighted by molar-refractivity contribution is -0.137. The van der Waals surface area contributed by atoms with Crippen molar-refractivity contribution in [1.29, 1.82) is 0 Å². The predicted molar refractivity (Wildman–Crippen MR) is 80.1 cm³/mol. The lowest BCUT2D eigenvalue weighted by Gasteiger charge is -2.29. The number of hydrogen-bond acceptors (Lipinski definition) is 1. The van der Waals surface area contributed by atoms with E-state index in [2.05, 4.69) is 21.2 Å². The first kappa shape index (κ1) is 17.1. The van der Waals surface area contributed by atoms with Crippen LogP contribution in [-0.2, 0) is 4.79 Å². The quantitative estimate of drug-likeness (QED) is 0.861. The molecule has 0 aromatic heterocycles. The molecule has 0 unspecified atom stereocenters. The first-order valence-electron chi connectivity index (χ1n) is 6.37. The predicted octanol–water partition coefficient (Wildman–Crippen LogP) is 4.41. The van der Waals surface area contributed by atoms with Crippen LogP contribution in [0.1, 0.15) is 45.0 Å². The van der Waals surface area contributed by atoms with Crippen LogP contribution in [-0.4, -0.2) is 17.1 Å². The standard InChI is InChI=1S/C15H20BrF2NO/c1-9-6-7-10(8-11(9)16)12(17)15(5,18)13(20)19-14(2,3)4/h6-8,12H,1-5H3,(H,19,20)/t12-,15-/m0/s1. The number of carbonyl (C=O) groups is 1. The minimum absolute atomic E-state index is 0.136. The summed E-state index contributed by atoms with van der Waals surface area (Å²) in [7, 11) is 0. The highest BCUT2D eigenvalue weighted by Crippen LogP contribution is 2.35. The number of nitrogens with one attached hydrogen (secondary N) is 1. The SMILES string of the molecule is Cc1ccc([C@H](F)[C@](C)(F)C(=O)NC(C)(C)C)cc1Br. The van der Waals surface area contributed by atoms with Crippen LogP contribution in [0, 0.1) is 6.92 Å². The molecule has 1 aromatic rings. The third-order valence-corrected chi connectivity index (χ3v) is 3.75. The van der Waals surface area contributed by atoms with Crippen molar-refractivity contribution >= 4 is 21.8 Å². The highest BCUT2D eigenvalue weighted by molar-refractivity contribution is 9.10. The Morgan fingerprint density at radius 3 is 2.30 bits per heavy atom. The number of rotatable bonds is 3. The number of halogens is 3. The molecule has 0 aliphatic heterocycles. The summed E-state index contributed by atoms with van der Waals surface area (Å²) < 4.78 is 29.6. The van der Waals surface area contributed by atoms with E-state index in [0.717, 1.165) is 12.5 Å². The molecule has 0 heterocycles. The van der Waals surface area contributed by atoms with Crippen LogP contribution in [0.3, 0.4) is 0 Å². The van der Waals surface area contributed by atoms with Gasteiger partial charge in [0.1, 0.15) is 0 Å². The minimum atomic E-state index is -2.62. The van der Waals surface area contributed by atoms with E-state index in [1.807, 2.05) is 6.92 Å². The summed E-state index contributed by atoms with van der Waals surface area (Å²) in [5.74, 6) is -0.950. The van der Waals surface area contributed by atoms with E-state index in [-0.39, 0.29) is 5.56 Å². The van der Waals surface area contributed by atoms with Gasteiger partial charge < -0.3 is 5.32 Å². The maximum absolute atomic E-state index is 14.5. The van der Waals surface area contributed by atoms with E-state index in [9.17, 15) is 13.6 Å². The van der Waals surface area contributed by atoms with Gasteiger partial charge in [-0.15, -0.1) is 0 Å². The summed E-state index contributed by atoms with van der Waals surface area (Å²) >= 11 is 3.28. The molecular weight excluding hydrogens is 328 g/mol. The van der Waals surface area contributed by atoms with Gasteiger partial charge in [-0.25, -0.2) is 8.78 Å². The van der Waals surface area contributed by atoms with Gasteiger partial charge in [0.2, 0.25) is 5.67 Å². The molecule has 0 radical (unpaired) electrons.